The van der Waals surface area contributed by atoms with Crippen LogP contribution in [0.15, 0.2) is 77.7 Å². The van der Waals surface area contributed by atoms with E-state index in [1.807, 2.05) is 60.0 Å². The molecule has 0 fully saturated rings. The summed E-state index contributed by atoms with van der Waals surface area (Å²) in [5.41, 5.74) is 3.13. The van der Waals surface area contributed by atoms with Crippen LogP contribution in [0, 0.1) is 5.82 Å². The smallest absolute Gasteiger partial charge is 0.258 e. The number of nitrogens with zero attached hydrogens (tertiary/aromatic N) is 2. The van der Waals surface area contributed by atoms with Crippen molar-refractivity contribution < 1.29 is 9.13 Å². The Balaban J connectivity index is 1.62. The molecule has 0 aliphatic rings. The lowest BCUT2D eigenvalue weighted by Crippen LogP contribution is -2.11. The number of aromatic nitrogens is 3. The van der Waals surface area contributed by atoms with Gasteiger partial charge in [-0.3, -0.25) is 9.20 Å². The Morgan fingerprint density at radius 1 is 1.09 bits per heavy atom. The molecule has 7 heteroatoms. The second-order valence-electron chi connectivity index (χ2n) is 7.41. The van der Waals surface area contributed by atoms with Crippen molar-refractivity contribution >= 4 is 22.4 Å². The van der Waals surface area contributed by atoms with Gasteiger partial charge in [-0.2, -0.15) is 0 Å². The van der Waals surface area contributed by atoms with Gasteiger partial charge in [0.1, 0.15) is 28.7 Å². The number of rotatable bonds is 6. The quantitative estimate of drug-likeness (QED) is 0.400. The fourth-order valence-electron chi connectivity index (χ4n) is 3.76. The first-order valence-corrected chi connectivity index (χ1v) is 10.4. The summed E-state index contributed by atoms with van der Waals surface area (Å²) >= 11 is 0. The molecule has 0 bridgehead atoms. The molecule has 0 aliphatic carbocycles. The Kier molecular flexibility index (Phi) is 5.07. The van der Waals surface area contributed by atoms with E-state index in [0.29, 0.717) is 35.9 Å². The Morgan fingerprint density at radius 3 is 2.75 bits per heavy atom. The highest BCUT2D eigenvalue weighted by molar-refractivity contribution is 5.87. The van der Waals surface area contributed by atoms with Crippen LogP contribution in [0.4, 0.5) is 10.2 Å². The summed E-state index contributed by atoms with van der Waals surface area (Å²) in [6, 6.07) is 19.4. The van der Waals surface area contributed by atoms with Crippen LogP contribution in [0.5, 0.6) is 5.75 Å². The highest BCUT2D eigenvalue weighted by atomic mass is 19.1. The molecule has 0 saturated carbocycles. The molecule has 0 saturated heterocycles. The summed E-state index contributed by atoms with van der Waals surface area (Å²) in [5, 5.41) is 4.23. The van der Waals surface area contributed by atoms with Crippen molar-refractivity contribution in [3.8, 4) is 17.0 Å². The number of benzene rings is 2. The molecule has 0 aliphatic heterocycles. The SMILES string of the molecule is CCOc1ccc2[nH]c(=O)c(-c3nc4ccccn4c3NCc3ccc(F)cc3)cc2c1. The monoisotopic (exact) mass is 428 g/mol. The summed E-state index contributed by atoms with van der Waals surface area (Å²) in [5.74, 6) is 1.15. The number of anilines is 1. The molecule has 2 N–H and O–H groups in total. The molecule has 32 heavy (non-hydrogen) atoms. The Bertz CT molecular complexity index is 1470. The van der Waals surface area contributed by atoms with E-state index in [9.17, 15) is 9.18 Å². The standard InChI is InChI=1S/C25H21FN4O2/c1-2-32-19-10-11-21-17(13-19)14-20(25(31)28-21)23-24(30-12-4-3-5-22(30)29-23)27-15-16-6-8-18(26)9-7-16/h3-14,27H,2,15H2,1H3,(H,28,31). The minimum Gasteiger partial charge on any atom is -0.494 e. The number of halogens is 1. The van der Waals surface area contributed by atoms with E-state index in [0.717, 1.165) is 22.2 Å². The lowest BCUT2D eigenvalue weighted by Gasteiger charge is -2.10. The first-order valence-electron chi connectivity index (χ1n) is 10.4. The van der Waals surface area contributed by atoms with Gasteiger partial charge >= 0.3 is 0 Å². The van der Waals surface area contributed by atoms with Crippen LogP contribution in [-0.2, 0) is 6.54 Å². The van der Waals surface area contributed by atoms with Crippen molar-refractivity contribution in [3.63, 3.8) is 0 Å². The first-order chi connectivity index (χ1) is 15.6. The van der Waals surface area contributed by atoms with Crippen LogP contribution >= 0.6 is 0 Å². The van der Waals surface area contributed by atoms with Crippen molar-refractivity contribution in [1.82, 2.24) is 14.4 Å². The zero-order valence-corrected chi connectivity index (χ0v) is 17.4. The number of fused-ring (bicyclic) bond motifs is 2. The Hall–Kier alpha value is -4.13. The van der Waals surface area contributed by atoms with Gasteiger partial charge in [0.2, 0.25) is 0 Å². The van der Waals surface area contributed by atoms with Gasteiger partial charge in [0.15, 0.2) is 0 Å². The van der Waals surface area contributed by atoms with Crippen LogP contribution < -0.4 is 15.6 Å². The first kappa shape index (κ1) is 19.8. The molecule has 6 nitrogen and oxygen atoms in total. The van der Waals surface area contributed by atoms with Gasteiger partial charge in [0.05, 0.1) is 12.2 Å². The molecule has 2 aromatic carbocycles. The average molecular weight is 428 g/mol. The highest BCUT2D eigenvalue weighted by Crippen LogP contribution is 2.29. The number of ether oxygens (including phenoxy) is 1. The number of imidazole rings is 1. The van der Waals surface area contributed by atoms with Crippen molar-refractivity contribution in [2.24, 2.45) is 0 Å². The zero-order chi connectivity index (χ0) is 22.1. The Morgan fingerprint density at radius 2 is 1.94 bits per heavy atom. The van der Waals surface area contributed by atoms with Crippen molar-refractivity contribution in [2.75, 3.05) is 11.9 Å². The average Bonchev–Trinajstić information content (AvgIpc) is 3.17. The van der Waals surface area contributed by atoms with Crippen molar-refractivity contribution in [1.29, 1.82) is 0 Å². The second kappa shape index (κ2) is 8.19. The van der Waals surface area contributed by atoms with Crippen molar-refractivity contribution in [2.45, 2.75) is 13.5 Å². The molecule has 0 atom stereocenters. The predicted octanol–water partition coefficient (Wildman–Crippen LogP) is 4.99. The number of aromatic amines is 1. The van der Waals surface area contributed by atoms with E-state index < -0.39 is 0 Å². The molecule has 0 unspecified atom stereocenters. The van der Waals surface area contributed by atoms with Crippen LogP contribution in [0.25, 0.3) is 27.8 Å². The number of pyridine rings is 2. The molecular formula is C25H21FN4O2. The van der Waals surface area contributed by atoms with Crippen LogP contribution in [0.2, 0.25) is 0 Å². The van der Waals surface area contributed by atoms with Crippen LogP contribution in [0.1, 0.15) is 12.5 Å². The van der Waals surface area contributed by atoms with Crippen LogP contribution in [0.3, 0.4) is 0 Å². The zero-order valence-electron chi connectivity index (χ0n) is 17.4. The third kappa shape index (κ3) is 3.69. The largest absolute Gasteiger partial charge is 0.494 e. The molecule has 3 aromatic heterocycles. The predicted molar refractivity (Wildman–Crippen MR) is 124 cm³/mol. The van der Waals surface area contributed by atoms with Gasteiger partial charge in [-0.15, -0.1) is 0 Å². The number of nitrogens with one attached hydrogen (secondary N) is 2. The summed E-state index contributed by atoms with van der Waals surface area (Å²) < 4.78 is 20.8. The van der Waals surface area contributed by atoms with E-state index in [4.69, 9.17) is 9.72 Å². The molecule has 5 rings (SSSR count). The number of hydrogen-bond acceptors (Lipinski definition) is 4. The molecule has 3 heterocycles. The summed E-state index contributed by atoms with van der Waals surface area (Å²) in [4.78, 5) is 20.7. The van der Waals surface area contributed by atoms with Gasteiger partial charge in [-0.1, -0.05) is 18.2 Å². The van der Waals surface area contributed by atoms with Crippen molar-refractivity contribution in [3.05, 3.63) is 94.7 Å². The number of H-pyrrole nitrogens is 1. The van der Waals surface area contributed by atoms with E-state index in [1.54, 1.807) is 12.1 Å². The third-order valence-electron chi connectivity index (χ3n) is 5.28. The minimum atomic E-state index is -0.279. The minimum absolute atomic E-state index is 0.227. The fraction of sp³-hybridized carbons (Fsp3) is 0.120. The van der Waals surface area contributed by atoms with Gasteiger partial charge < -0.3 is 15.0 Å². The maximum absolute atomic E-state index is 13.3. The molecule has 0 spiro atoms. The van der Waals surface area contributed by atoms with Gasteiger partial charge in [0.25, 0.3) is 5.56 Å². The third-order valence-corrected chi connectivity index (χ3v) is 5.28. The summed E-state index contributed by atoms with van der Waals surface area (Å²) in [6.45, 7) is 2.94. The van der Waals surface area contributed by atoms with E-state index in [2.05, 4.69) is 10.3 Å². The molecule has 160 valence electrons. The lowest BCUT2D eigenvalue weighted by atomic mass is 10.1. The topological polar surface area (TPSA) is 71.4 Å². The summed E-state index contributed by atoms with van der Waals surface area (Å²) in [6.07, 6.45) is 1.89. The molecule has 5 aromatic rings. The highest BCUT2D eigenvalue weighted by Gasteiger charge is 2.17. The van der Waals surface area contributed by atoms with E-state index in [1.165, 1.54) is 12.1 Å². The fourth-order valence-corrected chi connectivity index (χ4v) is 3.76. The normalized spacial score (nSPS) is 11.2. The lowest BCUT2D eigenvalue weighted by molar-refractivity contribution is 0.340. The number of hydrogen-bond donors (Lipinski definition) is 2. The van der Waals surface area contributed by atoms with E-state index >= 15 is 0 Å². The molecular weight excluding hydrogens is 407 g/mol. The maximum atomic E-state index is 13.3. The van der Waals surface area contributed by atoms with Gasteiger partial charge in [0, 0.05) is 23.6 Å². The van der Waals surface area contributed by atoms with Gasteiger partial charge in [-0.25, -0.2) is 9.37 Å². The van der Waals surface area contributed by atoms with Crippen LogP contribution in [-0.4, -0.2) is 21.0 Å². The van der Waals surface area contributed by atoms with Gasteiger partial charge in [-0.05, 0) is 61.0 Å². The summed E-state index contributed by atoms with van der Waals surface area (Å²) in [7, 11) is 0. The molecule has 0 amide bonds. The Labute approximate surface area is 183 Å². The maximum Gasteiger partial charge on any atom is 0.258 e. The second-order valence-corrected chi connectivity index (χ2v) is 7.41. The molecule has 0 radical (unpaired) electrons. The van der Waals surface area contributed by atoms with E-state index in [-0.39, 0.29) is 11.4 Å².